The van der Waals surface area contributed by atoms with Crippen molar-refractivity contribution >= 4 is 6.09 Å². The Hall–Kier alpha value is -2.49. The monoisotopic (exact) mass is 285 g/mol. The molecule has 0 aliphatic carbocycles. The minimum Gasteiger partial charge on any atom is -0.457 e. The Morgan fingerprint density at radius 2 is 1.67 bits per heavy atom. The molecule has 0 saturated carbocycles. The average molecular weight is 285 g/mol. The fraction of sp³-hybridized carbons (Fsp3) is 0.235. The zero-order valence-electron chi connectivity index (χ0n) is 12.0. The highest BCUT2D eigenvalue weighted by Gasteiger charge is 2.01. The first-order valence-electron chi connectivity index (χ1n) is 7.00. The molecule has 0 aliphatic rings. The zero-order chi connectivity index (χ0) is 14.9. The first-order valence-corrected chi connectivity index (χ1v) is 7.00. The van der Waals surface area contributed by atoms with Gasteiger partial charge < -0.3 is 14.8 Å². The van der Waals surface area contributed by atoms with Gasteiger partial charge in [-0.1, -0.05) is 30.3 Å². The first-order chi connectivity index (χ1) is 10.3. The lowest BCUT2D eigenvalue weighted by atomic mass is 10.1. The minimum absolute atomic E-state index is 0.374. The molecule has 0 fully saturated rings. The van der Waals surface area contributed by atoms with E-state index >= 15 is 0 Å². The number of ether oxygens (including phenoxy) is 2. The fourth-order valence-corrected chi connectivity index (χ4v) is 1.84. The van der Waals surface area contributed by atoms with Crippen molar-refractivity contribution in [2.45, 2.75) is 13.3 Å². The topological polar surface area (TPSA) is 47.6 Å². The van der Waals surface area contributed by atoms with Crippen LogP contribution in [0, 0.1) is 0 Å². The molecule has 0 aromatic heterocycles. The molecule has 0 heterocycles. The number of carbonyl (C=O) groups is 1. The molecule has 1 N–H and O–H groups in total. The molecule has 2 rings (SSSR count). The van der Waals surface area contributed by atoms with Crippen molar-refractivity contribution in [3.8, 4) is 11.5 Å². The highest BCUT2D eigenvalue weighted by atomic mass is 16.5. The van der Waals surface area contributed by atoms with E-state index < -0.39 is 0 Å². The lowest BCUT2D eigenvalue weighted by molar-refractivity contribution is 0.152. The summed E-state index contributed by atoms with van der Waals surface area (Å²) in [6.07, 6.45) is 0.381. The van der Waals surface area contributed by atoms with E-state index in [-0.39, 0.29) is 6.09 Å². The van der Waals surface area contributed by atoms with Gasteiger partial charge in [0.2, 0.25) is 0 Å². The van der Waals surface area contributed by atoms with Gasteiger partial charge in [-0.05, 0) is 43.2 Å². The summed E-state index contributed by atoms with van der Waals surface area (Å²) in [5, 5.41) is 2.69. The lowest BCUT2D eigenvalue weighted by Crippen LogP contribution is -2.26. The Morgan fingerprint density at radius 1 is 1.00 bits per heavy atom. The van der Waals surface area contributed by atoms with Gasteiger partial charge in [-0.2, -0.15) is 0 Å². The molecule has 2 aromatic rings. The maximum atomic E-state index is 11.1. The second-order valence-electron chi connectivity index (χ2n) is 4.46. The van der Waals surface area contributed by atoms with Gasteiger partial charge >= 0.3 is 6.09 Å². The van der Waals surface area contributed by atoms with Gasteiger partial charge in [-0.25, -0.2) is 4.79 Å². The van der Waals surface area contributed by atoms with Crippen LogP contribution in [0.15, 0.2) is 54.6 Å². The predicted octanol–water partition coefficient (Wildman–Crippen LogP) is 3.77. The van der Waals surface area contributed by atoms with Crippen LogP contribution in [0.4, 0.5) is 4.79 Å². The van der Waals surface area contributed by atoms with Gasteiger partial charge in [0, 0.05) is 6.54 Å². The molecule has 1 amide bonds. The van der Waals surface area contributed by atoms with E-state index in [1.807, 2.05) is 54.6 Å². The molecule has 2 aromatic carbocycles. The minimum atomic E-state index is -0.374. The molecule has 0 saturated heterocycles. The van der Waals surface area contributed by atoms with Crippen molar-refractivity contribution in [1.82, 2.24) is 5.32 Å². The average Bonchev–Trinajstić information content (AvgIpc) is 2.50. The molecular weight excluding hydrogens is 266 g/mol. The molecule has 0 unspecified atom stereocenters. The van der Waals surface area contributed by atoms with Crippen LogP contribution in [-0.4, -0.2) is 19.2 Å². The van der Waals surface area contributed by atoms with Gasteiger partial charge in [-0.3, -0.25) is 0 Å². The number of alkyl carbamates (subject to hydrolysis) is 1. The molecule has 0 spiro atoms. The summed E-state index contributed by atoms with van der Waals surface area (Å²) >= 11 is 0. The van der Waals surface area contributed by atoms with Gasteiger partial charge in [0.25, 0.3) is 0 Å². The van der Waals surface area contributed by atoms with Crippen molar-refractivity contribution < 1.29 is 14.3 Å². The van der Waals surface area contributed by atoms with Crippen LogP contribution in [-0.2, 0) is 11.2 Å². The number of amides is 1. The summed E-state index contributed by atoms with van der Waals surface area (Å²) in [6, 6.07) is 17.5. The SMILES string of the molecule is CCOC(=O)NCCc1ccc(Oc2ccccc2)cc1. The van der Waals surface area contributed by atoms with Crippen molar-refractivity contribution in [2.75, 3.05) is 13.2 Å². The smallest absolute Gasteiger partial charge is 0.407 e. The number of hydrogen-bond donors (Lipinski definition) is 1. The summed E-state index contributed by atoms with van der Waals surface area (Å²) < 4.78 is 10.5. The van der Waals surface area contributed by atoms with E-state index in [2.05, 4.69) is 5.32 Å². The summed E-state index contributed by atoms with van der Waals surface area (Å²) in [6.45, 7) is 2.72. The van der Waals surface area contributed by atoms with E-state index in [4.69, 9.17) is 9.47 Å². The molecule has 21 heavy (non-hydrogen) atoms. The second kappa shape index (κ2) is 7.94. The van der Waals surface area contributed by atoms with Gasteiger partial charge in [0.15, 0.2) is 0 Å². The quantitative estimate of drug-likeness (QED) is 0.879. The fourth-order valence-electron chi connectivity index (χ4n) is 1.84. The highest BCUT2D eigenvalue weighted by molar-refractivity contribution is 5.67. The number of benzene rings is 2. The lowest BCUT2D eigenvalue weighted by Gasteiger charge is -2.07. The second-order valence-corrected chi connectivity index (χ2v) is 4.46. The standard InChI is InChI=1S/C17H19NO3/c1-2-20-17(19)18-13-12-14-8-10-16(11-9-14)21-15-6-4-3-5-7-15/h3-11H,2,12-13H2,1H3,(H,18,19). The maximum absolute atomic E-state index is 11.1. The number of para-hydroxylation sites is 1. The highest BCUT2D eigenvalue weighted by Crippen LogP contribution is 2.21. The largest absolute Gasteiger partial charge is 0.457 e. The Labute approximate surface area is 124 Å². The summed E-state index contributed by atoms with van der Waals surface area (Å²) in [7, 11) is 0. The van der Waals surface area contributed by atoms with E-state index in [0.717, 1.165) is 23.5 Å². The predicted molar refractivity (Wildman–Crippen MR) is 81.7 cm³/mol. The molecule has 110 valence electrons. The van der Waals surface area contributed by atoms with Crippen LogP contribution < -0.4 is 10.1 Å². The third-order valence-corrected chi connectivity index (χ3v) is 2.86. The first kappa shape index (κ1) is 14.9. The third kappa shape index (κ3) is 5.18. The Bertz CT molecular complexity index is 552. The van der Waals surface area contributed by atoms with Crippen LogP contribution in [0.1, 0.15) is 12.5 Å². The normalized spacial score (nSPS) is 9.95. The van der Waals surface area contributed by atoms with E-state index in [1.165, 1.54) is 0 Å². The van der Waals surface area contributed by atoms with E-state index in [0.29, 0.717) is 13.2 Å². The molecule has 4 heteroatoms. The molecular formula is C17H19NO3. The van der Waals surface area contributed by atoms with Crippen LogP contribution in [0.25, 0.3) is 0 Å². The summed E-state index contributed by atoms with van der Waals surface area (Å²) in [5.74, 6) is 1.61. The van der Waals surface area contributed by atoms with Crippen molar-refractivity contribution in [2.24, 2.45) is 0 Å². The molecule has 0 aliphatic heterocycles. The Balaban J connectivity index is 1.80. The van der Waals surface area contributed by atoms with Gasteiger partial charge in [0.1, 0.15) is 11.5 Å². The Morgan fingerprint density at radius 3 is 2.33 bits per heavy atom. The maximum Gasteiger partial charge on any atom is 0.407 e. The number of carbonyl (C=O) groups excluding carboxylic acids is 1. The number of rotatable bonds is 6. The zero-order valence-corrected chi connectivity index (χ0v) is 12.0. The van der Waals surface area contributed by atoms with Crippen LogP contribution in [0.2, 0.25) is 0 Å². The van der Waals surface area contributed by atoms with E-state index in [1.54, 1.807) is 6.92 Å². The molecule has 0 radical (unpaired) electrons. The van der Waals surface area contributed by atoms with Gasteiger partial charge in [0.05, 0.1) is 6.61 Å². The van der Waals surface area contributed by atoms with Crippen molar-refractivity contribution in [1.29, 1.82) is 0 Å². The molecule has 0 bridgehead atoms. The van der Waals surface area contributed by atoms with Crippen LogP contribution in [0.3, 0.4) is 0 Å². The van der Waals surface area contributed by atoms with E-state index in [9.17, 15) is 4.79 Å². The van der Waals surface area contributed by atoms with Gasteiger partial charge in [-0.15, -0.1) is 0 Å². The third-order valence-electron chi connectivity index (χ3n) is 2.86. The van der Waals surface area contributed by atoms with Crippen LogP contribution >= 0.6 is 0 Å². The summed E-state index contributed by atoms with van der Waals surface area (Å²) in [5.41, 5.74) is 1.13. The van der Waals surface area contributed by atoms with Crippen molar-refractivity contribution in [3.63, 3.8) is 0 Å². The molecule has 4 nitrogen and oxygen atoms in total. The molecule has 0 atom stereocenters. The van der Waals surface area contributed by atoms with Crippen molar-refractivity contribution in [3.05, 3.63) is 60.2 Å². The number of hydrogen-bond acceptors (Lipinski definition) is 3. The van der Waals surface area contributed by atoms with Crippen LogP contribution in [0.5, 0.6) is 11.5 Å². The number of nitrogens with one attached hydrogen (secondary N) is 1. The summed E-state index contributed by atoms with van der Waals surface area (Å²) in [4.78, 5) is 11.1. The Kier molecular flexibility index (Phi) is 5.64.